The van der Waals surface area contributed by atoms with E-state index in [0.29, 0.717) is 29.9 Å². The van der Waals surface area contributed by atoms with Crippen molar-refractivity contribution in [2.75, 3.05) is 13.1 Å². The van der Waals surface area contributed by atoms with Crippen molar-refractivity contribution < 1.29 is 8.42 Å². The maximum Gasteiger partial charge on any atom is 0.218 e. The van der Waals surface area contributed by atoms with Gasteiger partial charge in [-0.15, -0.1) is 0 Å². The molecule has 0 N–H and O–H groups in total. The summed E-state index contributed by atoms with van der Waals surface area (Å²) in [7, 11) is -3.22. The number of hydrogen-bond donors (Lipinski definition) is 0. The largest absolute Gasteiger partial charge is 0.218 e. The molecule has 0 aromatic heterocycles. The van der Waals surface area contributed by atoms with Crippen LogP contribution in [0.3, 0.4) is 0 Å². The Morgan fingerprint density at radius 2 is 1.68 bits per heavy atom. The van der Waals surface area contributed by atoms with Gasteiger partial charge in [-0.25, -0.2) is 12.7 Å². The van der Waals surface area contributed by atoms with Crippen LogP contribution in [0.1, 0.15) is 25.8 Å². The minimum Gasteiger partial charge on any atom is -0.212 e. The molecule has 1 aromatic carbocycles. The molecule has 0 unspecified atom stereocenters. The summed E-state index contributed by atoms with van der Waals surface area (Å²) in [5.74, 6) is 0.927. The molecule has 1 fully saturated rings. The van der Waals surface area contributed by atoms with Crippen molar-refractivity contribution in [2.24, 2.45) is 11.8 Å². The molecule has 1 saturated heterocycles. The standard InChI is InChI=1S/C14H20ClNO2S/c1-11-7-12(2)9-16(8-11)19(17,18)10-13-3-5-14(15)6-4-13/h3-6,11-12H,7-10H2,1-2H3/t11-,12-/m1/s1. The Kier molecular flexibility index (Phi) is 4.54. The van der Waals surface area contributed by atoms with Crippen molar-refractivity contribution in [3.05, 3.63) is 34.9 Å². The van der Waals surface area contributed by atoms with Gasteiger partial charge in [-0.05, 0) is 36.0 Å². The lowest BCUT2D eigenvalue weighted by atomic mass is 9.94. The van der Waals surface area contributed by atoms with Crippen molar-refractivity contribution in [3.8, 4) is 0 Å². The molecule has 1 aromatic rings. The van der Waals surface area contributed by atoms with Crippen molar-refractivity contribution >= 4 is 21.6 Å². The molecule has 19 heavy (non-hydrogen) atoms. The van der Waals surface area contributed by atoms with Crippen molar-refractivity contribution in [1.29, 1.82) is 0 Å². The number of halogens is 1. The lowest BCUT2D eigenvalue weighted by Crippen LogP contribution is -2.43. The summed E-state index contributed by atoms with van der Waals surface area (Å²) >= 11 is 5.81. The Morgan fingerprint density at radius 3 is 2.21 bits per heavy atom. The van der Waals surface area contributed by atoms with Crippen LogP contribution in [-0.4, -0.2) is 25.8 Å². The molecular weight excluding hydrogens is 282 g/mol. The molecular formula is C14H20ClNO2S. The van der Waals surface area contributed by atoms with E-state index in [0.717, 1.165) is 12.0 Å². The quantitative estimate of drug-likeness (QED) is 0.860. The van der Waals surface area contributed by atoms with E-state index in [1.54, 1.807) is 28.6 Å². The van der Waals surface area contributed by atoms with E-state index >= 15 is 0 Å². The maximum absolute atomic E-state index is 12.4. The number of sulfonamides is 1. The predicted octanol–water partition coefficient (Wildman–Crippen LogP) is 3.15. The Bertz CT molecular complexity index is 517. The van der Waals surface area contributed by atoms with Crippen LogP contribution >= 0.6 is 11.6 Å². The van der Waals surface area contributed by atoms with Crippen molar-refractivity contribution in [1.82, 2.24) is 4.31 Å². The fourth-order valence-electron chi connectivity index (χ4n) is 2.72. The summed E-state index contributed by atoms with van der Waals surface area (Å²) in [6.07, 6.45) is 1.10. The fourth-order valence-corrected chi connectivity index (χ4v) is 4.60. The Morgan fingerprint density at radius 1 is 1.16 bits per heavy atom. The van der Waals surface area contributed by atoms with Crippen LogP contribution < -0.4 is 0 Å². The van der Waals surface area contributed by atoms with Gasteiger partial charge in [-0.1, -0.05) is 37.6 Å². The van der Waals surface area contributed by atoms with Crippen LogP contribution in [0, 0.1) is 11.8 Å². The van der Waals surface area contributed by atoms with Crippen molar-refractivity contribution in [2.45, 2.75) is 26.0 Å². The minimum absolute atomic E-state index is 0.0591. The SMILES string of the molecule is C[C@@H]1C[C@@H](C)CN(S(=O)(=O)Cc2ccc(Cl)cc2)C1. The molecule has 1 aliphatic rings. The van der Waals surface area contributed by atoms with Crippen molar-refractivity contribution in [3.63, 3.8) is 0 Å². The van der Waals surface area contributed by atoms with E-state index in [9.17, 15) is 8.42 Å². The number of benzene rings is 1. The molecule has 2 rings (SSSR count). The zero-order valence-electron chi connectivity index (χ0n) is 11.3. The molecule has 2 atom stereocenters. The van der Waals surface area contributed by atoms with Crippen LogP contribution in [0.25, 0.3) is 0 Å². The van der Waals surface area contributed by atoms with Gasteiger partial charge in [0.05, 0.1) is 5.75 Å². The summed E-state index contributed by atoms with van der Waals surface area (Å²) < 4.78 is 26.5. The number of hydrogen-bond acceptors (Lipinski definition) is 2. The molecule has 106 valence electrons. The highest BCUT2D eigenvalue weighted by Gasteiger charge is 2.30. The van der Waals surface area contributed by atoms with E-state index in [-0.39, 0.29) is 5.75 Å². The first-order valence-electron chi connectivity index (χ1n) is 6.59. The Labute approximate surface area is 120 Å². The molecule has 0 aliphatic carbocycles. The highest BCUT2D eigenvalue weighted by molar-refractivity contribution is 7.88. The van der Waals surface area contributed by atoms with Gasteiger partial charge in [0.2, 0.25) is 10.0 Å². The van der Waals surface area contributed by atoms with Gasteiger partial charge in [-0.2, -0.15) is 0 Å². The maximum atomic E-state index is 12.4. The lowest BCUT2D eigenvalue weighted by molar-refractivity contribution is 0.222. The van der Waals surface area contributed by atoms with Gasteiger partial charge in [0.15, 0.2) is 0 Å². The Balaban J connectivity index is 2.11. The molecule has 3 nitrogen and oxygen atoms in total. The fraction of sp³-hybridized carbons (Fsp3) is 0.571. The minimum atomic E-state index is -3.22. The summed E-state index contributed by atoms with van der Waals surface area (Å²) in [5.41, 5.74) is 0.787. The average molecular weight is 302 g/mol. The topological polar surface area (TPSA) is 37.4 Å². The van der Waals surface area contributed by atoms with Gasteiger partial charge in [-0.3, -0.25) is 0 Å². The highest BCUT2D eigenvalue weighted by atomic mass is 35.5. The zero-order valence-corrected chi connectivity index (χ0v) is 12.9. The summed E-state index contributed by atoms with van der Waals surface area (Å²) in [4.78, 5) is 0. The highest BCUT2D eigenvalue weighted by Crippen LogP contribution is 2.25. The van der Waals surface area contributed by atoms with E-state index in [4.69, 9.17) is 11.6 Å². The molecule has 5 heteroatoms. The number of piperidine rings is 1. The van der Waals surface area contributed by atoms with Gasteiger partial charge in [0, 0.05) is 18.1 Å². The molecule has 0 spiro atoms. The van der Waals surface area contributed by atoms with E-state index in [2.05, 4.69) is 13.8 Å². The second-order valence-corrected chi connectivity index (χ2v) is 8.05. The number of nitrogens with zero attached hydrogens (tertiary/aromatic N) is 1. The second-order valence-electron chi connectivity index (χ2n) is 5.65. The van der Waals surface area contributed by atoms with E-state index < -0.39 is 10.0 Å². The van der Waals surface area contributed by atoms with Crippen LogP contribution in [0.15, 0.2) is 24.3 Å². The van der Waals surface area contributed by atoms with Gasteiger partial charge >= 0.3 is 0 Å². The lowest BCUT2D eigenvalue weighted by Gasteiger charge is -2.34. The third-order valence-electron chi connectivity index (χ3n) is 3.49. The molecule has 0 radical (unpaired) electrons. The van der Waals surface area contributed by atoms with Gasteiger partial charge < -0.3 is 0 Å². The van der Waals surface area contributed by atoms with Crippen LogP contribution in [-0.2, 0) is 15.8 Å². The monoisotopic (exact) mass is 301 g/mol. The summed E-state index contributed by atoms with van der Waals surface area (Å²) in [6.45, 7) is 5.50. The average Bonchev–Trinajstić information content (AvgIpc) is 2.31. The Hall–Kier alpha value is -0.580. The first-order chi connectivity index (χ1) is 8.87. The van der Waals surface area contributed by atoms with Gasteiger partial charge in [0.1, 0.15) is 0 Å². The van der Waals surface area contributed by atoms with Gasteiger partial charge in [0.25, 0.3) is 0 Å². The first-order valence-corrected chi connectivity index (χ1v) is 8.58. The smallest absolute Gasteiger partial charge is 0.212 e. The summed E-state index contributed by atoms with van der Waals surface area (Å²) in [5, 5.41) is 0.626. The van der Waals surface area contributed by atoms with E-state index in [1.807, 2.05) is 0 Å². The molecule has 0 saturated carbocycles. The summed E-state index contributed by atoms with van der Waals surface area (Å²) in [6, 6.07) is 7.01. The molecule has 0 bridgehead atoms. The van der Waals surface area contributed by atoms with Crippen LogP contribution in [0.4, 0.5) is 0 Å². The third-order valence-corrected chi connectivity index (χ3v) is 5.53. The zero-order chi connectivity index (χ0) is 14.0. The first kappa shape index (κ1) is 14.8. The molecule has 1 aliphatic heterocycles. The van der Waals surface area contributed by atoms with Crippen LogP contribution in [0.2, 0.25) is 5.02 Å². The molecule has 1 heterocycles. The number of rotatable bonds is 3. The van der Waals surface area contributed by atoms with Crippen LogP contribution in [0.5, 0.6) is 0 Å². The molecule has 0 amide bonds. The third kappa shape index (κ3) is 3.94. The normalized spacial score (nSPS) is 25.4. The van der Waals surface area contributed by atoms with E-state index in [1.165, 1.54) is 0 Å². The predicted molar refractivity (Wildman–Crippen MR) is 78.6 cm³/mol. The second kappa shape index (κ2) is 5.81.